The molecular weight excluding hydrogens is 308 g/mol. The van der Waals surface area contributed by atoms with Gasteiger partial charge < -0.3 is 4.74 Å². The van der Waals surface area contributed by atoms with Crippen LogP contribution in [-0.2, 0) is 6.61 Å². The fourth-order valence-electron chi connectivity index (χ4n) is 3.36. The van der Waals surface area contributed by atoms with E-state index in [1.807, 2.05) is 53.2 Å². The second-order valence-corrected chi connectivity index (χ2v) is 6.09. The molecule has 0 saturated heterocycles. The molecule has 4 aromatic rings. The first-order chi connectivity index (χ1) is 12.4. The summed E-state index contributed by atoms with van der Waals surface area (Å²) in [5.41, 5.74) is 6.50. The average Bonchev–Trinajstić information content (AvgIpc) is 3.09. The van der Waals surface area contributed by atoms with Crippen LogP contribution in [0.5, 0.6) is 5.88 Å². The van der Waals surface area contributed by atoms with Crippen molar-refractivity contribution >= 4 is 0 Å². The van der Waals surface area contributed by atoms with Crippen molar-refractivity contribution in [2.45, 2.75) is 6.61 Å². The molecule has 0 amide bonds. The first-order valence-corrected chi connectivity index (χ1v) is 8.37. The molecule has 0 fully saturated rings. The Labute approximate surface area is 146 Å². The molecule has 0 saturated carbocycles. The van der Waals surface area contributed by atoms with Gasteiger partial charge in [-0.25, -0.2) is 0 Å². The van der Waals surface area contributed by atoms with Gasteiger partial charge in [0.25, 0.3) is 0 Å². The van der Waals surface area contributed by atoms with Gasteiger partial charge in [0.1, 0.15) is 12.3 Å². The monoisotopic (exact) mass is 324 g/mol. The molecule has 120 valence electrons. The van der Waals surface area contributed by atoms with Gasteiger partial charge >= 0.3 is 0 Å². The van der Waals surface area contributed by atoms with Crippen molar-refractivity contribution in [2.75, 3.05) is 0 Å². The third-order valence-corrected chi connectivity index (χ3v) is 4.54. The molecule has 5 rings (SSSR count). The number of hydrogen-bond acceptors (Lipinski definition) is 2. The topological polar surface area (TPSA) is 27.1 Å². The highest BCUT2D eigenvalue weighted by atomic mass is 16.5. The number of benzene rings is 3. The van der Waals surface area contributed by atoms with Gasteiger partial charge in [0, 0.05) is 5.56 Å². The molecule has 3 aromatic carbocycles. The van der Waals surface area contributed by atoms with E-state index < -0.39 is 0 Å². The number of hydrogen-bond donors (Lipinski definition) is 0. The SMILES string of the molecule is c1ccc(-c2nn(-c3ccccc3)c3c2-c2ccccc2CO3)cc1. The zero-order valence-corrected chi connectivity index (χ0v) is 13.6. The highest BCUT2D eigenvalue weighted by Crippen LogP contribution is 2.44. The van der Waals surface area contributed by atoms with Crippen LogP contribution < -0.4 is 4.74 Å². The Bertz CT molecular complexity index is 1040. The standard InChI is InChI=1S/C22H16N2O/c1-3-9-16(10-4-1)21-20-19-14-8-7-11-17(19)15-25-22(20)24(23-21)18-12-5-2-6-13-18/h1-14H,15H2. The molecule has 1 aliphatic rings. The molecule has 0 bridgehead atoms. The maximum atomic E-state index is 6.14. The van der Waals surface area contributed by atoms with Gasteiger partial charge in [0.2, 0.25) is 5.88 Å². The van der Waals surface area contributed by atoms with Crippen molar-refractivity contribution in [3.8, 4) is 34.0 Å². The van der Waals surface area contributed by atoms with E-state index in [0.717, 1.165) is 28.4 Å². The van der Waals surface area contributed by atoms with Crippen LogP contribution >= 0.6 is 0 Å². The van der Waals surface area contributed by atoms with Crippen LogP contribution in [0.15, 0.2) is 84.9 Å². The molecule has 0 spiro atoms. The summed E-state index contributed by atoms with van der Waals surface area (Å²) in [6.07, 6.45) is 0. The first kappa shape index (κ1) is 14.1. The summed E-state index contributed by atoms with van der Waals surface area (Å²) in [4.78, 5) is 0. The van der Waals surface area contributed by atoms with Crippen molar-refractivity contribution in [3.63, 3.8) is 0 Å². The van der Waals surface area contributed by atoms with Crippen molar-refractivity contribution < 1.29 is 4.74 Å². The molecule has 2 heterocycles. The van der Waals surface area contributed by atoms with Gasteiger partial charge in [0.05, 0.1) is 11.3 Å². The Morgan fingerprint density at radius 2 is 1.44 bits per heavy atom. The van der Waals surface area contributed by atoms with Crippen molar-refractivity contribution in [2.24, 2.45) is 0 Å². The lowest BCUT2D eigenvalue weighted by molar-refractivity contribution is 0.281. The predicted molar refractivity (Wildman–Crippen MR) is 98.8 cm³/mol. The first-order valence-electron chi connectivity index (χ1n) is 8.37. The largest absolute Gasteiger partial charge is 0.472 e. The zero-order chi connectivity index (χ0) is 16.6. The minimum absolute atomic E-state index is 0.565. The summed E-state index contributed by atoms with van der Waals surface area (Å²) < 4.78 is 8.05. The van der Waals surface area contributed by atoms with Gasteiger partial charge in [0.15, 0.2) is 0 Å². The number of rotatable bonds is 2. The Balaban J connectivity index is 1.82. The van der Waals surface area contributed by atoms with E-state index in [4.69, 9.17) is 9.84 Å². The van der Waals surface area contributed by atoms with Crippen molar-refractivity contribution in [1.82, 2.24) is 9.78 Å². The predicted octanol–water partition coefficient (Wildman–Crippen LogP) is 5.10. The van der Waals surface area contributed by atoms with Gasteiger partial charge in [-0.3, -0.25) is 0 Å². The van der Waals surface area contributed by atoms with Gasteiger partial charge in [-0.1, -0.05) is 72.8 Å². The van der Waals surface area contributed by atoms with E-state index in [0.29, 0.717) is 6.61 Å². The van der Waals surface area contributed by atoms with Crippen LogP contribution in [0.4, 0.5) is 0 Å². The lowest BCUT2D eigenvalue weighted by atomic mass is 9.96. The number of ether oxygens (including phenoxy) is 1. The molecule has 3 heteroatoms. The number of aromatic nitrogens is 2. The Morgan fingerprint density at radius 3 is 2.24 bits per heavy atom. The summed E-state index contributed by atoms with van der Waals surface area (Å²) in [6, 6.07) is 28.8. The lowest BCUT2D eigenvalue weighted by Gasteiger charge is -2.19. The molecule has 0 atom stereocenters. The highest BCUT2D eigenvalue weighted by molar-refractivity contribution is 5.87. The van der Waals surface area contributed by atoms with E-state index in [-0.39, 0.29) is 0 Å². The number of nitrogens with zero attached hydrogens (tertiary/aromatic N) is 2. The lowest BCUT2D eigenvalue weighted by Crippen LogP contribution is -2.08. The summed E-state index contributed by atoms with van der Waals surface area (Å²) in [5.74, 6) is 0.809. The molecule has 0 aliphatic carbocycles. The molecule has 1 aromatic heterocycles. The van der Waals surface area contributed by atoms with Crippen LogP contribution in [0.25, 0.3) is 28.1 Å². The molecule has 0 radical (unpaired) electrons. The maximum absolute atomic E-state index is 6.14. The maximum Gasteiger partial charge on any atom is 0.225 e. The van der Waals surface area contributed by atoms with Crippen LogP contribution in [0.3, 0.4) is 0 Å². The highest BCUT2D eigenvalue weighted by Gasteiger charge is 2.27. The van der Waals surface area contributed by atoms with E-state index in [9.17, 15) is 0 Å². The van der Waals surface area contributed by atoms with Crippen molar-refractivity contribution in [1.29, 1.82) is 0 Å². The Hall–Kier alpha value is -3.33. The molecular formula is C22H16N2O. The van der Waals surface area contributed by atoms with E-state index >= 15 is 0 Å². The Morgan fingerprint density at radius 1 is 0.760 bits per heavy atom. The fourth-order valence-corrected chi connectivity index (χ4v) is 3.36. The third kappa shape index (κ3) is 2.24. The molecule has 0 unspecified atom stereocenters. The molecule has 3 nitrogen and oxygen atoms in total. The summed E-state index contributed by atoms with van der Waals surface area (Å²) in [5, 5.41) is 4.92. The van der Waals surface area contributed by atoms with E-state index in [2.05, 4.69) is 36.4 Å². The Kier molecular flexibility index (Phi) is 3.17. The van der Waals surface area contributed by atoms with Gasteiger partial charge in [-0.05, 0) is 23.3 Å². The number of fused-ring (bicyclic) bond motifs is 3. The van der Waals surface area contributed by atoms with Crippen LogP contribution in [-0.4, -0.2) is 9.78 Å². The van der Waals surface area contributed by atoms with Crippen LogP contribution in [0.2, 0.25) is 0 Å². The minimum atomic E-state index is 0.565. The second kappa shape index (κ2) is 5.64. The van der Waals surface area contributed by atoms with Crippen LogP contribution in [0.1, 0.15) is 5.56 Å². The van der Waals surface area contributed by atoms with Gasteiger partial charge in [-0.15, -0.1) is 0 Å². The normalized spacial score (nSPS) is 12.2. The molecule has 1 aliphatic heterocycles. The quantitative estimate of drug-likeness (QED) is 0.513. The van der Waals surface area contributed by atoms with Gasteiger partial charge in [-0.2, -0.15) is 9.78 Å². The number of para-hydroxylation sites is 1. The summed E-state index contributed by atoms with van der Waals surface area (Å²) in [7, 11) is 0. The van der Waals surface area contributed by atoms with E-state index in [1.165, 1.54) is 11.1 Å². The van der Waals surface area contributed by atoms with E-state index in [1.54, 1.807) is 0 Å². The smallest absolute Gasteiger partial charge is 0.225 e. The minimum Gasteiger partial charge on any atom is -0.472 e. The summed E-state index contributed by atoms with van der Waals surface area (Å²) >= 11 is 0. The molecule has 25 heavy (non-hydrogen) atoms. The third-order valence-electron chi connectivity index (χ3n) is 4.54. The summed E-state index contributed by atoms with van der Waals surface area (Å²) in [6.45, 7) is 0.565. The van der Waals surface area contributed by atoms with Crippen molar-refractivity contribution in [3.05, 3.63) is 90.5 Å². The second-order valence-electron chi connectivity index (χ2n) is 6.09. The fraction of sp³-hybridized carbons (Fsp3) is 0.0455. The molecule has 0 N–H and O–H groups in total. The zero-order valence-electron chi connectivity index (χ0n) is 13.6. The van der Waals surface area contributed by atoms with Crippen LogP contribution in [0, 0.1) is 0 Å². The average molecular weight is 324 g/mol.